The summed E-state index contributed by atoms with van der Waals surface area (Å²) in [5.41, 5.74) is -0.273. The van der Waals surface area contributed by atoms with E-state index in [4.69, 9.17) is 4.74 Å². The van der Waals surface area contributed by atoms with Crippen molar-refractivity contribution in [1.29, 1.82) is 0 Å². The van der Waals surface area contributed by atoms with E-state index in [0.717, 1.165) is 39.0 Å². The van der Waals surface area contributed by atoms with Crippen LogP contribution in [0.5, 0.6) is 0 Å². The van der Waals surface area contributed by atoms with Crippen molar-refractivity contribution in [3.05, 3.63) is 0 Å². The smallest absolute Gasteiger partial charge is 0.410 e. The predicted molar refractivity (Wildman–Crippen MR) is 103 cm³/mol. The highest BCUT2D eigenvalue weighted by molar-refractivity contribution is 5.80. The predicted octanol–water partition coefficient (Wildman–Crippen LogP) is 2.87. The zero-order chi connectivity index (χ0) is 19.4. The Morgan fingerprint density at radius 2 is 1.69 bits per heavy atom. The van der Waals surface area contributed by atoms with E-state index in [1.165, 1.54) is 25.9 Å². The van der Waals surface area contributed by atoms with Gasteiger partial charge in [-0.2, -0.15) is 0 Å². The van der Waals surface area contributed by atoms with Crippen LogP contribution in [0.3, 0.4) is 0 Å². The van der Waals surface area contributed by atoms with Crippen molar-refractivity contribution in [2.45, 2.75) is 65.9 Å². The molecule has 26 heavy (non-hydrogen) atoms. The van der Waals surface area contributed by atoms with Gasteiger partial charge in [0.15, 0.2) is 0 Å². The van der Waals surface area contributed by atoms with Crippen LogP contribution in [-0.2, 0) is 9.53 Å². The molecule has 0 atom stereocenters. The number of nitrogens with zero attached hydrogens (tertiary/aromatic N) is 2. The molecule has 0 aromatic heterocycles. The first-order chi connectivity index (χ1) is 12.3. The Morgan fingerprint density at radius 3 is 2.23 bits per heavy atom. The molecule has 2 amide bonds. The maximum absolute atomic E-state index is 12.2. The molecule has 0 bridgehead atoms. The van der Waals surface area contributed by atoms with Crippen LogP contribution in [-0.4, -0.2) is 66.7 Å². The molecule has 6 nitrogen and oxygen atoms in total. The molecule has 1 aliphatic carbocycles. The molecule has 2 saturated heterocycles. The first-order valence-corrected chi connectivity index (χ1v) is 10.2. The van der Waals surface area contributed by atoms with Gasteiger partial charge in [0.05, 0.1) is 0 Å². The van der Waals surface area contributed by atoms with Gasteiger partial charge in [-0.15, -0.1) is 0 Å². The third kappa shape index (κ3) is 5.35. The van der Waals surface area contributed by atoms with Crippen LogP contribution < -0.4 is 5.32 Å². The van der Waals surface area contributed by atoms with E-state index < -0.39 is 5.60 Å². The van der Waals surface area contributed by atoms with Gasteiger partial charge in [0.2, 0.25) is 5.91 Å². The number of carbonyl (C=O) groups is 2. The number of likely N-dealkylation sites (tertiary alicyclic amines) is 2. The van der Waals surface area contributed by atoms with E-state index in [0.29, 0.717) is 0 Å². The topological polar surface area (TPSA) is 61.9 Å². The first kappa shape index (κ1) is 21.0. The lowest BCUT2D eigenvalue weighted by Crippen LogP contribution is -2.65. The second-order valence-corrected chi connectivity index (χ2v) is 8.78. The monoisotopic (exact) mass is 367 g/mol. The molecular formula is C20H37N3O3. The number of hydrogen-bond acceptors (Lipinski definition) is 4. The number of hydrogen-bond donors (Lipinski definition) is 1. The van der Waals surface area contributed by atoms with Crippen molar-refractivity contribution < 1.29 is 14.3 Å². The average Bonchev–Trinajstić information content (AvgIpc) is 2.98. The largest absolute Gasteiger partial charge is 0.444 e. The summed E-state index contributed by atoms with van der Waals surface area (Å²) in [6.45, 7) is 15.2. The summed E-state index contributed by atoms with van der Waals surface area (Å²) in [5, 5.41) is 3.08. The normalized spacial score (nSPS) is 22.1. The number of nitrogens with one attached hydrogen (secondary N) is 1. The van der Waals surface area contributed by atoms with Crippen molar-refractivity contribution in [2.75, 3.05) is 39.3 Å². The first-order valence-electron chi connectivity index (χ1n) is 10.2. The highest BCUT2D eigenvalue weighted by atomic mass is 16.6. The Hall–Kier alpha value is -1.30. The molecule has 0 radical (unpaired) electrons. The van der Waals surface area contributed by atoms with Crippen LogP contribution >= 0.6 is 0 Å². The molecule has 1 N–H and O–H groups in total. The van der Waals surface area contributed by atoms with Crippen LogP contribution in [0.15, 0.2) is 0 Å². The minimum Gasteiger partial charge on any atom is -0.444 e. The van der Waals surface area contributed by atoms with Crippen LogP contribution in [0.2, 0.25) is 0 Å². The summed E-state index contributed by atoms with van der Waals surface area (Å²) >= 11 is 0. The Balaban J connectivity index is 0.00000117. The molecule has 1 saturated carbocycles. The summed E-state index contributed by atoms with van der Waals surface area (Å²) in [6, 6.07) is 0. The van der Waals surface area contributed by atoms with Crippen LogP contribution in [0.4, 0.5) is 4.79 Å². The lowest BCUT2D eigenvalue weighted by molar-refractivity contribution is -0.142. The fourth-order valence-electron chi connectivity index (χ4n) is 4.14. The highest BCUT2D eigenvalue weighted by Gasteiger charge is 2.56. The van der Waals surface area contributed by atoms with Gasteiger partial charge in [0, 0.05) is 37.5 Å². The van der Waals surface area contributed by atoms with Gasteiger partial charge in [-0.05, 0) is 59.5 Å². The van der Waals surface area contributed by atoms with E-state index in [1.807, 2.05) is 34.6 Å². The molecule has 150 valence electrons. The van der Waals surface area contributed by atoms with Gasteiger partial charge in [0.1, 0.15) is 5.60 Å². The molecule has 0 aromatic carbocycles. The standard InChI is InChI=1S/C18H31N3O3.C2H6/c1-17(2,3)24-16(23)21-12-18(13-21)10-14(11-18)15(22)19-6-9-20-7-4-5-8-20;1-2/h14H,4-13H2,1-3H3,(H,19,22);1-2H3. The maximum Gasteiger partial charge on any atom is 0.410 e. The Morgan fingerprint density at radius 1 is 1.12 bits per heavy atom. The molecule has 0 unspecified atom stereocenters. The van der Waals surface area contributed by atoms with Gasteiger partial charge in [0.25, 0.3) is 0 Å². The van der Waals surface area contributed by atoms with E-state index in [2.05, 4.69) is 10.2 Å². The Bertz CT molecular complexity index is 481. The van der Waals surface area contributed by atoms with Crippen LogP contribution in [0.1, 0.15) is 60.3 Å². The summed E-state index contributed by atoms with van der Waals surface area (Å²) in [4.78, 5) is 28.3. The van der Waals surface area contributed by atoms with Gasteiger partial charge >= 0.3 is 6.09 Å². The van der Waals surface area contributed by atoms with Crippen molar-refractivity contribution in [1.82, 2.24) is 15.1 Å². The molecule has 3 rings (SSSR count). The number of ether oxygens (including phenoxy) is 1. The van der Waals surface area contributed by atoms with Crippen molar-refractivity contribution in [3.63, 3.8) is 0 Å². The summed E-state index contributed by atoms with van der Waals surface area (Å²) in [7, 11) is 0. The molecular weight excluding hydrogens is 330 g/mol. The Kier molecular flexibility index (Phi) is 6.94. The highest BCUT2D eigenvalue weighted by Crippen LogP contribution is 2.52. The quantitative estimate of drug-likeness (QED) is 0.830. The van der Waals surface area contributed by atoms with E-state index in [1.54, 1.807) is 4.90 Å². The molecule has 3 aliphatic rings. The van der Waals surface area contributed by atoms with Gasteiger partial charge < -0.3 is 19.9 Å². The molecule has 1 spiro atoms. The number of amides is 2. The molecule has 6 heteroatoms. The van der Waals surface area contributed by atoms with E-state index in [9.17, 15) is 9.59 Å². The SMILES string of the molecule is CC.CC(C)(C)OC(=O)N1CC2(CC(C(=O)NCCN3CCCC3)C2)C1. The van der Waals surface area contributed by atoms with Gasteiger partial charge in [-0.1, -0.05) is 13.8 Å². The average molecular weight is 368 g/mol. The minimum atomic E-state index is -0.447. The van der Waals surface area contributed by atoms with E-state index >= 15 is 0 Å². The fourth-order valence-corrected chi connectivity index (χ4v) is 4.14. The van der Waals surface area contributed by atoms with Crippen molar-refractivity contribution in [2.24, 2.45) is 11.3 Å². The summed E-state index contributed by atoms with van der Waals surface area (Å²) in [6.07, 6.45) is 4.15. The zero-order valence-corrected chi connectivity index (χ0v) is 17.3. The Labute approximate surface area is 158 Å². The second-order valence-electron chi connectivity index (χ2n) is 8.78. The lowest BCUT2D eigenvalue weighted by Gasteiger charge is -2.58. The molecule has 2 aliphatic heterocycles. The summed E-state index contributed by atoms with van der Waals surface area (Å²) in [5.74, 6) is 0.319. The fraction of sp³-hybridized carbons (Fsp3) is 0.900. The lowest BCUT2D eigenvalue weighted by atomic mass is 9.57. The van der Waals surface area contributed by atoms with E-state index in [-0.39, 0.29) is 23.3 Å². The van der Waals surface area contributed by atoms with Crippen molar-refractivity contribution >= 4 is 12.0 Å². The second kappa shape index (κ2) is 8.59. The third-order valence-corrected chi connectivity index (χ3v) is 5.36. The molecule has 2 heterocycles. The number of carbonyl (C=O) groups excluding carboxylic acids is 2. The minimum absolute atomic E-state index is 0.129. The van der Waals surface area contributed by atoms with Crippen LogP contribution in [0.25, 0.3) is 0 Å². The molecule has 3 fully saturated rings. The van der Waals surface area contributed by atoms with Crippen LogP contribution in [0, 0.1) is 11.3 Å². The maximum atomic E-state index is 12.2. The number of rotatable bonds is 4. The zero-order valence-electron chi connectivity index (χ0n) is 17.3. The van der Waals surface area contributed by atoms with Gasteiger partial charge in [-0.25, -0.2) is 4.79 Å². The van der Waals surface area contributed by atoms with Gasteiger partial charge in [-0.3, -0.25) is 4.79 Å². The summed E-state index contributed by atoms with van der Waals surface area (Å²) < 4.78 is 5.38. The third-order valence-electron chi connectivity index (χ3n) is 5.36. The molecule has 0 aromatic rings. The van der Waals surface area contributed by atoms with Crippen molar-refractivity contribution in [3.8, 4) is 0 Å².